The van der Waals surface area contributed by atoms with Gasteiger partial charge in [-0.2, -0.15) is 12.7 Å². The molecule has 2 aliphatic heterocycles. The molecule has 244 valence electrons. The monoisotopic (exact) mass is 680 g/mol. The summed E-state index contributed by atoms with van der Waals surface area (Å²) in [5.41, 5.74) is 1.11. The molecular weight excluding hydrogens is 644 g/mol. The van der Waals surface area contributed by atoms with Crippen molar-refractivity contribution in [2.75, 3.05) is 43.9 Å². The molecule has 1 amide bonds. The fourth-order valence-electron chi connectivity index (χ4n) is 5.41. The number of sulfonamides is 1. The van der Waals surface area contributed by atoms with Crippen molar-refractivity contribution in [1.29, 1.82) is 0 Å². The van der Waals surface area contributed by atoms with Crippen LogP contribution in [0.4, 0.5) is 5.69 Å². The molecule has 1 unspecified atom stereocenters. The Morgan fingerprint density at radius 2 is 1.62 bits per heavy atom. The van der Waals surface area contributed by atoms with E-state index in [1.807, 2.05) is 12.1 Å². The summed E-state index contributed by atoms with van der Waals surface area (Å²) in [6.07, 6.45) is 5.56. The largest absolute Gasteiger partial charge is 0.461 e. The molecule has 1 aromatic heterocycles. The Kier molecular flexibility index (Phi) is 11.1. The number of hydrogen-bond acceptors (Lipinski definition) is 9. The van der Waals surface area contributed by atoms with E-state index >= 15 is 0 Å². The Morgan fingerprint density at radius 1 is 1.02 bits per heavy atom. The Balaban J connectivity index is 0.000000854. The first-order valence-electron chi connectivity index (χ1n) is 14.4. The normalized spacial score (nSPS) is 18.5. The average molecular weight is 681 g/mol. The van der Waals surface area contributed by atoms with E-state index in [0.717, 1.165) is 41.3 Å². The molecule has 0 aliphatic carbocycles. The van der Waals surface area contributed by atoms with Crippen LogP contribution in [0, 0.1) is 5.92 Å². The summed E-state index contributed by atoms with van der Waals surface area (Å²) in [5, 5.41) is 2.07. The third kappa shape index (κ3) is 9.36. The molecule has 1 atom stereocenters. The third-order valence-corrected chi connectivity index (χ3v) is 9.56. The number of nitrogens with zero attached hydrogens (tertiary/aromatic N) is 4. The number of benzene rings is 2. The van der Waals surface area contributed by atoms with Crippen molar-refractivity contribution < 1.29 is 35.7 Å². The first-order valence-corrected chi connectivity index (χ1v) is 18.1. The molecule has 12 nitrogen and oxygen atoms in total. The lowest BCUT2D eigenvalue weighted by atomic mass is 9.94. The van der Waals surface area contributed by atoms with Gasteiger partial charge >= 0.3 is 5.97 Å². The van der Waals surface area contributed by atoms with Crippen molar-refractivity contribution in [2.45, 2.75) is 43.7 Å². The standard InChI is InChI=1S/C29H33ClN4O5S.CH4O3S/c1-20(2)39-29(36)27-18-33(40(37,38)26-6-4-22-15-24(30)5-3-23(22)16-26)19-28(35)34(27)17-21-9-13-32(14-10-21)25-7-11-31-12-8-25;1-5(2,3)4/h3-8,11-12,15-16,20-21,27H,9-10,13-14,17-19H2,1-2H3;1H3,(H,2,3,4). The number of carbonyl (C=O) groups excluding carboxylic acids is 2. The van der Waals surface area contributed by atoms with Gasteiger partial charge in [-0.1, -0.05) is 23.7 Å². The number of anilines is 1. The summed E-state index contributed by atoms with van der Waals surface area (Å²) in [7, 11) is -7.72. The van der Waals surface area contributed by atoms with Crippen LogP contribution in [-0.4, -0.2) is 98.6 Å². The van der Waals surface area contributed by atoms with Crippen LogP contribution in [0.5, 0.6) is 0 Å². The van der Waals surface area contributed by atoms with Crippen LogP contribution < -0.4 is 4.90 Å². The molecule has 2 saturated heterocycles. The van der Waals surface area contributed by atoms with E-state index < -0.39 is 44.2 Å². The van der Waals surface area contributed by atoms with E-state index in [4.69, 9.17) is 20.9 Å². The van der Waals surface area contributed by atoms with Crippen molar-refractivity contribution in [1.82, 2.24) is 14.2 Å². The van der Waals surface area contributed by atoms with Gasteiger partial charge in [0.2, 0.25) is 15.9 Å². The van der Waals surface area contributed by atoms with Gasteiger partial charge in [0.15, 0.2) is 0 Å². The lowest BCUT2D eigenvalue weighted by molar-refractivity contribution is -0.162. The average Bonchev–Trinajstić information content (AvgIpc) is 2.97. The van der Waals surface area contributed by atoms with Gasteiger partial charge in [-0.15, -0.1) is 0 Å². The minimum atomic E-state index is -4.05. The molecule has 1 N–H and O–H groups in total. The second kappa shape index (κ2) is 14.4. The van der Waals surface area contributed by atoms with Crippen molar-refractivity contribution in [2.24, 2.45) is 5.92 Å². The molecule has 0 spiro atoms. The SMILES string of the molecule is CC(C)OC(=O)C1CN(S(=O)(=O)c2ccc3cc(Cl)ccc3c2)CC(=O)N1CC1CCN(c2ccncc2)CC1.CS(=O)(=O)O. The van der Waals surface area contributed by atoms with E-state index in [9.17, 15) is 26.4 Å². The summed E-state index contributed by atoms with van der Waals surface area (Å²) in [4.78, 5) is 34.6. The van der Waals surface area contributed by atoms with Crippen LogP contribution >= 0.6 is 11.6 Å². The van der Waals surface area contributed by atoms with Gasteiger partial charge < -0.3 is 14.5 Å². The fraction of sp³-hybridized carbons (Fsp3) is 0.433. The van der Waals surface area contributed by atoms with E-state index in [1.54, 1.807) is 56.6 Å². The van der Waals surface area contributed by atoms with Crippen molar-refractivity contribution in [3.8, 4) is 0 Å². The highest BCUT2D eigenvalue weighted by atomic mass is 35.5. The lowest BCUT2D eigenvalue weighted by Crippen LogP contribution is -2.62. The van der Waals surface area contributed by atoms with Gasteiger partial charge in [0, 0.05) is 49.3 Å². The van der Waals surface area contributed by atoms with Gasteiger partial charge in [0.1, 0.15) is 6.04 Å². The quantitative estimate of drug-likeness (QED) is 0.290. The second-order valence-electron chi connectivity index (χ2n) is 11.4. The smallest absolute Gasteiger partial charge is 0.330 e. The van der Waals surface area contributed by atoms with E-state index in [0.29, 0.717) is 23.2 Å². The number of amides is 1. The highest BCUT2D eigenvalue weighted by Crippen LogP contribution is 2.29. The number of piperazine rings is 1. The number of carbonyl (C=O) groups is 2. The summed E-state index contributed by atoms with van der Waals surface area (Å²) in [6, 6.07) is 12.9. The number of halogens is 1. The number of aromatic nitrogens is 1. The zero-order chi connectivity index (χ0) is 32.9. The van der Waals surface area contributed by atoms with Gasteiger partial charge in [-0.3, -0.25) is 14.3 Å². The molecular formula is C30H37ClN4O8S2. The minimum absolute atomic E-state index is 0.0584. The van der Waals surface area contributed by atoms with E-state index in [1.165, 1.54) is 11.0 Å². The van der Waals surface area contributed by atoms with Gasteiger partial charge in [-0.25, -0.2) is 13.2 Å². The molecule has 2 aromatic carbocycles. The maximum Gasteiger partial charge on any atom is 0.330 e. The molecule has 3 aromatic rings. The van der Waals surface area contributed by atoms with E-state index in [-0.39, 0.29) is 23.9 Å². The van der Waals surface area contributed by atoms with Crippen LogP contribution in [-0.2, 0) is 34.5 Å². The molecule has 5 rings (SSSR count). The third-order valence-electron chi connectivity index (χ3n) is 7.52. The molecule has 3 heterocycles. The Bertz CT molecular complexity index is 1720. The lowest BCUT2D eigenvalue weighted by Gasteiger charge is -2.42. The number of hydrogen-bond donors (Lipinski definition) is 1. The first kappa shape index (κ1) is 34.6. The molecule has 2 aliphatic rings. The van der Waals surface area contributed by atoms with Crippen molar-refractivity contribution in [3.63, 3.8) is 0 Å². The van der Waals surface area contributed by atoms with Crippen molar-refractivity contribution in [3.05, 3.63) is 65.9 Å². The summed E-state index contributed by atoms with van der Waals surface area (Å²) in [5.74, 6) is -0.804. The summed E-state index contributed by atoms with van der Waals surface area (Å²) < 4.78 is 59.8. The minimum Gasteiger partial charge on any atom is -0.461 e. The fourth-order valence-corrected chi connectivity index (χ4v) is 7.02. The Labute approximate surface area is 268 Å². The van der Waals surface area contributed by atoms with Crippen LogP contribution in [0.2, 0.25) is 5.02 Å². The summed E-state index contributed by atoms with van der Waals surface area (Å²) in [6.45, 7) is 5.01. The number of fused-ring (bicyclic) bond motifs is 1. The number of ether oxygens (including phenoxy) is 1. The first-order chi connectivity index (χ1) is 21.1. The van der Waals surface area contributed by atoms with Crippen LogP contribution in [0.1, 0.15) is 26.7 Å². The molecule has 15 heteroatoms. The molecule has 0 radical (unpaired) electrons. The number of rotatable bonds is 7. The predicted molar refractivity (Wildman–Crippen MR) is 171 cm³/mol. The highest BCUT2D eigenvalue weighted by Gasteiger charge is 2.43. The molecule has 0 bridgehead atoms. The second-order valence-corrected chi connectivity index (χ2v) is 15.2. The zero-order valence-electron chi connectivity index (χ0n) is 25.2. The molecule has 2 fully saturated rings. The maximum absolute atomic E-state index is 13.7. The van der Waals surface area contributed by atoms with Crippen molar-refractivity contribution >= 4 is 60.1 Å². The Morgan fingerprint density at radius 3 is 2.24 bits per heavy atom. The predicted octanol–water partition coefficient (Wildman–Crippen LogP) is 3.46. The maximum atomic E-state index is 13.7. The van der Waals surface area contributed by atoms with Gasteiger partial charge in [0.05, 0.1) is 23.8 Å². The van der Waals surface area contributed by atoms with Gasteiger partial charge in [-0.05, 0) is 79.8 Å². The van der Waals surface area contributed by atoms with Gasteiger partial charge in [0.25, 0.3) is 10.1 Å². The van der Waals surface area contributed by atoms with Crippen LogP contribution in [0.25, 0.3) is 10.8 Å². The van der Waals surface area contributed by atoms with Crippen LogP contribution in [0.15, 0.2) is 65.8 Å². The topological polar surface area (TPSA) is 154 Å². The number of pyridine rings is 1. The highest BCUT2D eigenvalue weighted by molar-refractivity contribution is 7.89. The zero-order valence-corrected chi connectivity index (χ0v) is 27.6. The van der Waals surface area contributed by atoms with E-state index in [2.05, 4.69) is 9.88 Å². The number of esters is 1. The number of piperidine rings is 1. The molecule has 0 saturated carbocycles. The Hall–Kier alpha value is -3.30. The summed E-state index contributed by atoms with van der Waals surface area (Å²) >= 11 is 6.07. The van der Waals surface area contributed by atoms with Crippen LogP contribution in [0.3, 0.4) is 0 Å². The molecule has 45 heavy (non-hydrogen) atoms.